The van der Waals surface area contributed by atoms with Crippen LogP contribution < -0.4 is 5.73 Å². The summed E-state index contributed by atoms with van der Waals surface area (Å²) in [5.41, 5.74) is 6.49. The zero-order valence-corrected chi connectivity index (χ0v) is 9.04. The normalized spacial score (nSPS) is 55.3. The van der Waals surface area contributed by atoms with Crippen LogP contribution in [-0.2, 0) is 4.74 Å². The molecule has 4 saturated carbocycles. The number of nitrogens with two attached hydrogens (primary N) is 1. The molecule has 5 atom stereocenters. The molecule has 0 spiro atoms. The SMILES string of the molecule is COC1[C@@H]2CC3C[C@H]1CC(CN)(C3)C2. The van der Waals surface area contributed by atoms with Gasteiger partial charge < -0.3 is 10.5 Å². The fourth-order valence-corrected chi connectivity index (χ4v) is 4.78. The first kappa shape index (κ1) is 9.17. The highest BCUT2D eigenvalue weighted by Gasteiger charge is 2.54. The summed E-state index contributed by atoms with van der Waals surface area (Å²) in [7, 11) is 1.89. The number of hydrogen-bond acceptors (Lipinski definition) is 2. The second kappa shape index (κ2) is 2.96. The molecule has 0 heterocycles. The van der Waals surface area contributed by atoms with Crippen molar-refractivity contribution >= 4 is 0 Å². The van der Waals surface area contributed by atoms with Gasteiger partial charge in [0.25, 0.3) is 0 Å². The van der Waals surface area contributed by atoms with Gasteiger partial charge in [0.2, 0.25) is 0 Å². The van der Waals surface area contributed by atoms with Gasteiger partial charge in [-0.2, -0.15) is 0 Å². The lowest BCUT2D eigenvalue weighted by Crippen LogP contribution is -2.56. The predicted molar refractivity (Wildman–Crippen MR) is 55.8 cm³/mol. The fourth-order valence-electron chi connectivity index (χ4n) is 4.78. The molecular weight excluding hydrogens is 174 g/mol. The van der Waals surface area contributed by atoms with Crippen molar-refractivity contribution in [1.29, 1.82) is 0 Å². The van der Waals surface area contributed by atoms with Crippen LogP contribution in [0.15, 0.2) is 0 Å². The van der Waals surface area contributed by atoms with E-state index in [4.69, 9.17) is 10.5 Å². The van der Waals surface area contributed by atoms with Crippen LogP contribution in [0.1, 0.15) is 32.1 Å². The van der Waals surface area contributed by atoms with Crippen molar-refractivity contribution in [3.63, 3.8) is 0 Å². The molecule has 4 bridgehead atoms. The van der Waals surface area contributed by atoms with E-state index in [9.17, 15) is 0 Å². The summed E-state index contributed by atoms with van der Waals surface area (Å²) in [4.78, 5) is 0. The predicted octanol–water partition coefficient (Wildman–Crippen LogP) is 1.79. The van der Waals surface area contributed by atoms with Gasteiger partial charge in [-0.25, -0.2) is 0 Å². The Balaban J connectivity index is 1.88. The van der Waals surface area contributed by atoms with E-state index in [0.717, 1.165) is 24.3 Å². The van der Waals surface area contributed by atoms with E-state index in [1.807, 2.05) is 7.11 Å². The Hall–Kier alpha value is -0.0800. The average Bonchev–Trinajstić information content (AvgIpc) is 2.17. The summed E-state index contributed by atoms with van der Waals surface area (Å²) >= 11 is 0. The fraction of sp³-hybridized carbons (Fsp3) is 1.00. The number of methoxy groups -OCH3 is 1. The molecule has 0 aromatic carbocycles. The molecule has 4 fully saturated rings. The minimum Gasteiger partial charge on any atom is -0.381 e. The highest BCUT2D eigenvalue weighted by molar-refractivity contribution is 5.05. The van der Waals surface area contributed by atoms with Crippen LogP contribution in [0.5, 0.6) is 0 Å². The number of hydrogen-bond donors (Lipinski definition) is 1. The molecule has 4 aliphatic carbocycles. The maximum Gasteiger partial charge on any atom is 0.0628 e. The van der Waals surface area contributed by atoms with E-state index in [0.29, 0.717) is 11.5 Å². The standard InChI is InChI=1S/C12H21NO/c1-14-11-9-2-8-3-10(11)6-12(4-8,5-9)7-13/h8-11H,2-7,13H2,1H3/t8?,9-,10+,11?,12?. The first-order chi connectivity index (χ1) is 6.76. The van der Waals surface area contributed by atoms with Crippen LogP contribution in [0.2, 0.25) is 0 Å². The van der Waals surface area contributed by atoms with Crippen LogP contribution in [0.4, 0.5) is 0 Å². The Morgan fingerprint density at radius 3 is 2.36 bits per heavy atom. The Morgan fingerprint density at radius 1 is 1.21 bits per heavy atom. The van der Waals surface area contributed by atoms with Crippen LogP contribution in [0, 0.1) is 23.2 Å². The Bertz CT molecular complexity index is 224. The third-order valence-electron chi connectivity index (χ3n) is 5.02. The second-order valence-corrected chi connectivity index (χ2v) is 5.87. The Labute approximate surface area is 86.2 Å². The first-order valence-corrected chi connectivity index (χ1v) is 5.99. The Kier molecular flexibility index (Phi) is 1.94. The molecule has 0 saturated heterocycles. The maximum absolute atomic E-state index is 5.97. The highest BCUT2D eigenvalue weighted by atomic mass is 16.5. The van der Waals surface area contributed by atoms with E-state index in [1.165, 1.54) is 32.1 Å². The Morgan fingerprint density at radius 2 is 1.86 bits per heavy atom. The molecule has 0 radical (unpaired) electrons. The molecule has 80 valence electrons. The van der Waals surface area contributed by atoms with Crippen molar-refractivity contribution in [3.8, 4) is 0 Å². The molecule has 4 aliphatic rings. The topological polar surface area (TPSA) is 35.2 Å². The van der Waals surface area contributed by atoms with Gasteiger partial charge in [0.15, 0.2) is 0 Å². The lowest BCUT2D eigenvalue weighted by atomic mass is 9.48. The lowest BCUT2D eigenvalue weighted by molar-refractivity contribution is -0.144. The van der Waals surface area contributed by atoms with Crippen molar-refractivity contribution in [3.05, 3.63) is 0 Å². The quantitative estimate of drug-likeness (QED) is 0.729. The van der Waals surface area contributed by atoms with Crippen molar-refractivity contribution < 1.29 is 4.74 Å². The van der Waals surface area contributed by atoms with Crippen molar-refractivity contribution in [2.75, 3.05) is 13.7 Å². The van der Waals surface area contributed by atoms with Gasteiger partial charge in [0.05, 0.1) is 6.10 Å². The van der Waals surface area contributed by atoms with Crippen LogP contribution in [0.3, 0.4) is 0 Å². The van der Waals surface area contributed by atoms with Gasteiger partial charge in [0.1, 0.15) is 0 Å². The molecule has 0 aliphatic heterocycles. The summed E-state index contributed by atoms with van der Waals surface area (Å²) in [6.45, 7) is 0.910. The van der Waals surface area contributed by atoms with Gasteiger partial charge in [0, 0.05) is 7.11 Å². The van der Waals surface area contributed by atoms with E-state index in [2.05, 4.69) is 0 Å². The smallest absolute Gasteiger partial charge is 0.0628 e. The summed E-state index contributed by atoms with van der Waals surface area (Å²) in [6.07, 6.45) is 7.48. The molecule has 0 amide bonds. The monoisotopic (exact) mass is 195 g/mol. The first-order valence-electron chi connectivity index (χ1n) is 5.99. The van der Waals surface area contributed by atoms with Gasteiger partial charge in [-0.3, -0.25) is 0 Å². The molecular formula is C12H21NO. The molecule has 2 nitrogen and oxygen atoms in total. The summed E-state index contributed by atoms with van der Waals surface area (Å²) < 4.78 is 5.68. The molecule has 4 rings (SSSR count). The lowest BCUT2D eigenvalue weighted by Gasteiger charge is -2.59. The van der Waals surface area contributed by atoms with Crippen LogP contribution >= 0.6 is 0 Å². The van der Waals surface area contributed by atoms with Gasteiger partial charge in [-0.15, -0.1) is 0 Å². The molecule has 14 heavy (non-hydrogen) atoms. The molecule has 0 aromatic heterocycles. The minimum atomic E-state index is 0.519. The number of rotatable bonds is 2. The van der Waals surface area contributed by atoms with Gasteiger partial charge >= 0.3 is 0 Å². The van der Waals surface area contributed by atoms with Crippen LogP contribution in [-0.4, -0.2) is 19.8 Å². The molecule has 0 aromatic rings. The van der Waals surface area contributed by atoms with Crippen molar-refractivity contribution in [2.45, 2.75) is 38.2 Å². The van der Waals surface area contributed by atoms with Crippen LogP contribution in [0.25, 0.3) is 0 Å². The van der Waals surface area contributed by atoms with Gasteiger partial charge in [-0.1, -0.05) is 0 Å². The molecule has 3 unspecified atom stereocenters. The average molecular weight is 195 g/mol. The summed E-state index contributed by atoms with van der Waals surface area (Å²) in [5.74, 6) is 2.63. The van der Waals surface area contributed by atoms with E-state index in [1.54, 1.807) is 0 Å². The van der Waals surface area contributed by atoms with Crippen molar-refractivity contribution in [1.82, 2.24) is 0 Å². The van der Waals surface area contributed by atoms with E-state index in [-0.39, 0.29) is 0 Å². The van der Waals surface area contributed by atoms with E-state index >= 15 is 0 Å². The zero-order chi connectivity index (χ0) is 9.76. The summed E-state index contributed by atoms with van der Waals surface area (Å²) in [5, 5.41) is 0. The minimum absolute atomic E-state index is 0.519. The van der Waals surface area contributed by atoms with Crippen molar-refractivity contribution in [2.24, 2.45) is 28.9 Å². The summed E-state index contributed by atoms with van der Waals surface area (Å²) in [6, 6.07) is 0. The second-order valence-electron chi connectivity index (χ2n) is 5.87. The zero-order valence-electron chi connectivity index (χ0n) is 9.04. The van der Waals surface area contributed by atoms with E-state index < -0.39 is 0 Å². The third kappa shape index (κ3) is 1.10. The number of ether oxygens (including phenoxy) is 1. The molecule has 2 N–H and O–H groups in total. The highest BCUT2D eigenvalue weighted by Crippen LogP contribution is 2.60. The third-order valence-corrected chi connectivity index (χ3v) is 5.02. The largest absolute Gasteiger partial charge is 0.381 e. The maximum atomic E-state index is 5.97. The van der Waals surface area contributed by atoms with Gasteiger partial charge in [-0.05, 0) is 61.8 Å². The molecule has 2 heteroatoms.